The molecule has 3 nitrogen and oxygen atoms in total. The second-order valence-corrected chi connectivity index (χ2v) is 5.56. The number of hydrogen-bond donors (Lipinski definition) is 1. The maximum atomic E-state index is 6.52. The van der Waals surface area contributed by atoms with Crippen LogP contribution in [0.4, 0.5) is 0 Å². The van der Waals surface area contributed by atoms with Crippen LogP contribution in [0, 0.1) is 0 Å². The standard InChI is InChI=1S/C15H20ClNO2/c1-2-11-14(10-3-5-17-6-4-10)12(16)9-13-15(11)19-8-7-18-13/h9-10,17H,2-8H2,1H3. The molecule has 0 saturated carbocycles. The molecule has 19 heavy (non-hydrogen) atoms. The zero-order valence-corrected chi connectivity index (χ0v) is 12.1. The molecule has 0 amide bonds. The minimum absolute atomic E-state index is 0.541. The van der Waals surface area contributed by atoms with Gasteiger partial charge in [0.25, 0.3) is 0 Å². The molecule has 3 rings (SSSR count). The number of ether oxygens (including phenoxy) is 2. The van der Waals surface area contributed by atoms with Crippen molar-refractivity contribution < 1.29 is 9.47 Å². The highest BCUT2D eigenvalue weighted by Gasteiger charge is 2.26. The second kappa shape index (κ2) is 5.59. The van der Waals surface area contributed by atoms with Gasteiger partial charge in [-0.25, -0.2) is 0 Å². The summed E-state index contributed by atoms with van der Waals surface area (Å²) in [6.45, 7) is 5.54. The fraction of sp³-hybridized carbons (Fsp3) is 0.600. The summed E-state index contributed by atoms with van der Waals surface area (Å²) in [5.41, 5.74) is 2.53. The van der Waals surface area contributed by atoms with Crippen LogP contribution < -0.4 is 14.8 Å². The molecule has 0 unspecified atom stereocenters. The Morgan fingerprint density at radius 1 is 1.26 bits per heavy atom. The van der Waals surface area contributed by atoms with Crippen LogP contribution in [0.5, 0.6) is 11.5 Å². The first-order valence-corrected chi connectivity index (χ1v) is 7.50. The molecule has 0 radical (unpaired) electrons. The fourth-order valence-electron chi connectivity index (χ4n) is 3.14. The number of nitrogens with one attached hydrogen (secondary N) is 1. The molecule has 0 atom stereocenters. The molecule has 1 aromatic carbocycles. The van der Waals surface area contributed by atoms with Crippen LogP contribution in [0.25, 0.3) is 0 Å². The van der Waals surface area contributed by atoms with Crippen molar-refractivity contribution in [2.24, 2.45) is 0 Å². The van der Waals surface area contributed by atoms with Crippen LogP contribution >= 0.6 is 11.6 Å². The maximum absolute atomic E-state index is 6.52. The predicted octanol–water partition coefficient (Wildman–Crippen LogP) is 3.14. The van der Waals surface area contributed by atoms with Gasteiger partial charge in [0.05, 0.1) is 0 Å². The summed E-state index contributed by atoms with van der Waals surface area (Å²) < 4.78 is 11.5. The first-order chi connectivity index (χ1) is 9.31. The van der Waals surface area contributed by atoms with E-state index in [9.17, 15) is 0 Å². The summed E-state index contributed by atoms with van der Waals surface area (Å²) in [4.78, 5) is 0. The number of hydrogen-bond acceptors (Lipinski definition) is 3. The van der Waals surface area contributed by atoms with Gasteiger partial charge in [0.1, 0.15) is 13.2 Å². The molecule has 2 aliphatic heterocycles. The Bertz CT molecular complexity index is 470. The SMILES string of the molecule is CCc1c2c(cc(Cl)c1C1CCNCC1)OCCO2. The minimum atomic E-state index is 0.541. The van der Waals surface area contributed by atoms with E-state index in [1.54, 1.807) is 0 Å². The highest BCUT2D eigenvalue weighted by Crippen LogP contribution is 2.44. The summed E-state index contributed by atoms with van der Waals surface area (Å²) in [6, 6.07) is 1.94. The van der Waals surface area contributed by atoms with E-state index < -0.39 is 0 Å². The number of rotatable bonds is 2. The van der Waals surface area contributed by atoms with Crippen LogP contribution in [0.15, 0.2) is 6.07 Å². The summed E-state index contributed by atoms with van der Waals surface area (Å²) in [7, 11) is 0. The molecule has 1 aromatic rings. The third-order valence-corrected chi connectivity index (χ3v) is 4.34. The van der Waals surface area contributed by atoms with Gasteiger partial charge in [-0.1, -0.05) is 18.5 Å². The Labute approximate surface area is 119 Å². The van der Waals surface area contributed by atoms with Crippen molar-refractivity contribution in [1.29, 1.82) is 0 Å². The van der Waals surface area contributed by atoms with E-state index in [1.165, 1.54) is 11.1 Å². The Kier molecular flexibility index (Phi) is 3.85. The third kappa shape index (κ3) is 2.41. The average Bonchev–Trinajstić information content (AvgIpc) is 2.46. The van der Waals surface area contributed by atoms with Crippen molar-refractivity contribution in [3.8, 4) is 11.5 Å². The molecule has 104 valence electrons. The first kappa shape index (κ1) is 13.1. The van der Waals surface area contributed by atoms with Gasteiger partial charge in [-0.3, -0.25) is 0 Å². The van der Waals surface area contributed by atoms with E-state index in [2.05, 4.69) is 12.2 Å². The largest absolute Gasteiger partial charge is 0.486 e. The Hall–Kier alpha value is -0.930. The van der Waals surface area contributed by atoms with Gasteiger partial charge in [-0.2, -0.15) is 0 Å². The van der Waals surface area contributed by atoms with Gasteiger partial charge >= 0.3 is 0 Å². The molecule has 0 bridgehead atoms. The number of piperidine rings is 1. The lowest BCUT2D eigenvalue weighted by atomic mass is 9.85. The lowest BCUT2D eigenvalue weighted by Crippen LogP contribution is -2.27. The van der Waals surface area contributed by atoms with Gasteiger partial charge in [-0.15, -0.1) is 0 Å². The predicted molar refractivity (Wildman–Crippen MR) is 76.7 cm³/mol. The molecule has 0 aliphatic carbocycles. The minimum Gasteiger partial charge on any atom is -0.486 e. The first-order valence-electron chi connectivity index (χ1n) is 7.12. The molecular formula is C15H20ClNO2. The van der Waals surface area contributed by atoms with Crippen LogP contribution in [0.2, 0.25) is 5.02 Å². The molecule has 1 fully saturated rings. The summed E-state index contributed by atoms with van der Waals surface area (Å²) >= 11 is 6.52. The molecule has 1 saturated heterocycles. The van der Waals surface area contributed by atoms with Crippen LogP contribution in [-0.4, -0.2) is 26.3 Å². The molecule has 2 heterocycles. The molecule has 4 heteroatoms. The summed E-state index contributed by atoms with van der Waals surface area (Å²) in [5.74, 6) is 2.27. The average molecular weight is 282 g/mol. The highest BCUT2D eigenvalue weighted by molar-refractivity contribution is 6.31. The van der Waals surface area contributed by atoms with E-state index in [-0.39, 0.29) is 0 Å². The zero-order valence-electron chi connectivity index (χ0n) is 11.3. The van der Waals surface area contributed by atoms with E-state index >= 15 is 0 Å². The van der Waals surface area contributed by atoms with Gasteiger partial charge in [0.2, 0.25) is 0 Å². The third-order valence-electron chi connectivity index (χ3n) is 4.03. The zero-order chi connectivity index (χ0) is 13.2. The normalized spacial score (nSPS) is 19.5. The Morgan fingerprint density at radius 2 is 2.00 bits per heavy atom. The van der Waals surface area contributed by atoms with Crippen LogP contribution in [0.3, 0.4) is 0 Å². The molecular weight excluding hydrogens is 262 g/mol. The van der Waals surface area contributed by atoms with Gasteiger partial charge in [-0.05, 0) is 43.8 Å². The Morgan fingerprint density at radius 3 is 2.74 bits per heavy atom. The molecule has 0 spiro atoms. The van der Waals surface area contributed by atoms with Crippen molar-refractivity contribution >= 4 is 11.6 Å². The van der Waals surface area contributed by atoms with Gasteiger partial charge in [0.15, 0.2) is 11.5 Å². The maximum Gasteiger partial charge on any atom is 0.164 e. The number of benzene rings is 1. The van der Waals surface area contributed by atoms with Crippen molar-refractivity contribution in [1.82, 2.24) is 5.32 Å². The lowest BCUT2D eigenvalue weighted by molar-refractivity contribution is 0.169. The Balaban J connectivity index is 2.06. The molecule has 0 aromatic heterocycles. The van der Waals surface area contributed by atoms with Crippen molar-refractivity contribution in [2.75, 3.05) is 26.3 Å². The van der Waals surface area contributed by atoms with E-state index in [1.807, 2.05) is 6.07 Å². The molecule has 2 aliphatic rings. The van der Waals surface area contributed by atoms with Crippen LogP contribution in [-0.2, 0) is 6.42 Å². The monoisotopic (exact) mass is 281 g/mol. The van der Waals surface area contributed by atoms with Crippen molar-refractivity contribution in [3.05, 3.63) is 22.2 Å². The fourth-order valence-corrected chi connectivity index (χ4v) is 3.50. The van der Waals surface area contributed by atoms with Gasteiger partial charge < -0.3 is 14.8 Å². The molecule has 1 N–H and O–H groups in total. The number of halogens is 1. The van der Waals surface area contributed by atoms with Crippen molar-refractivity contribution in [3.63, 3.8) is 0 Å². The quantitative estimate of drug-likeness (QED) is 0.903. The number of fused-ring (bicyclic) bond motifs is 1. The van der Waals surface area contributed by atoms with E-state index in [0.29, 0.717) is 19.1 Å². The van der Waals surface area contributed by atoms with E-state index in [4.69, 9.17) is 21.1 Å². The van der Waals surface area contributed by atoms with Crippen LogP contribution in [0.1, 0.15) is 36.8 Å². The van der Waals surface area contributed by atoms with Crippen molar-refractivity contribution in [2.45, 2.75) is 32.1 Å². The second-order valence-electron chi connectivity index (χ2n) is 5.15. The van der Waals surface area contributed by atoms with E-state index in [0.717, 1.165) is 48.9 Å². The van der Waals surface area contributed by atoms with Gasteiger partial charge in [0, 0.05) is 16.7 Å². The summed E-state index contributed by atoms with van der Waals surface area (Å²) in [6.07, 6.45) is 3.23. The summed E-state index contributed by atoms with van der Waals surface area (Å²) in [5, 5.41) is 4.25. The highest BCUT2D eigenvalue weighted by atomic mass is 35.5. The topological polar surface area (TPSA) is 30.5 Å². The smallest absolute Gasteiger partial charge is 0.164 e. The lowest BCUT2D eigenvalue weighted by Gasteiger charge is -2.29.